The summed E-state index contributed by atoms with van der Waals surface area (Å²) >= 11 is 0. The predicted octanol–water partition coefficient (Wildman–Crippen LogP) is 3.81. The third-order valence-electron chi connectivity index (χ3n) is 7.17. The highest BCUT2D eigenvalue weighted by molar-refractivity contribution is 6.09. The summed E-state index contributed by atoms with van der Waals surface area (Å²) in [5, 5.41) is 15.2. The fourth-order valence-corrected chi connectivity index (χ4v) is 4.91. The number of rotatable bonds is 9. The van der Waals surface area contributed by atoms with Crippen molar-refractivity contribution in [1.29, 1.82) is 0 Å². The quantitative estimate of drug-likeness (QED) is 0.335. The predicted molar refractivity (Wildman–Crippen MR) is 136 cm³/mol. The van der Waals surface area contributed by atoms with Crippen LogP contribution >= 0.6 is 0 Å². The second-order valence-corrected chi connectivity index (χ2v) is 10.2. The molecule has 38 heavy (non-hydrogen) atoms. The van der Waals surface area contributed by atoms with Gasteiger partial charge in [-0.15, -0.1) is 0 Å². The summed E-state index contributed by atoms with van der Waals surface area (Å²) in [7, 11) is 0. The van der Waals surface area contributed by atoms with Crippen LogP contribution in [0.3, 0.4) is 0 Å². The lowest BCUT2D eigenvalue weighted by molar-refractivity contribution is -0.129. The van der Waals surface area contributed by atoms with Gasteiger partial charge in [0.2, 0.25) is 5.91 Å². The Morgan fingerprint density at radius 1 is 1.16 bits per heavy atom. The molecule has 5 rings (SSSR count). The molecule has 1 aromatic carbocycles. The van der Waals surface area contributed by atoms with Crippen LogP contribution < -0.4 is 15.4 Å². The van der Waals surface area contributed by atoms with Crippen LogP contribution in [0.4, 0.5) is 8.78 Å². The van der Waals surface area contributed by atoms with Gasteiger partial charge in [0.25, 0.3) is 12.3 Å². The van der Waals surface area contributed by atoms with Crippen LogP contribution in [0.25, 0.3) is 22.3 Å². The van der Waals surface area contributed by atoms with Crippen LogP contribution in [0.1, 0.15) is 67.1 Å². The molecule has 2 aliphatic rings. The Balaban J connectivity index is 1.41. The molecule has 0 radical (unpaired) electrons. The van der Waals surface area contributed by atoms with Crippen LogP contribution in [0.2, 0.25) is 0 Å². The van der Waals surface area contributed by atoms with E-state index in [-0.39, 0.29) is 23.6 Å². The van der Waals surface area contributed by atoms with Crippen molar-refractivity contribution in [3.05, 3.63) is 41.3 Å². The molecule has 11 heteroatoms. The molecule has 2 saturated carbocycles. The van der Waals surface area contributed by atoms with Crippen molar-refractivity contribution in [3.63, 3.8) is 0 Å². The number of aliphatic hydroxyl groups is 1. The van der Waals surface area contributed by atoms with E-state index in [9.17, 15) is 23.5 Å². The number of halogens is 2. The standard InChI is InChI=1S/C27H31F2N5O4/c1-13-21(27(37)34-18-7-6-17(10-18)33-26(36)14(2)35)23-24(32-13)22(30-12-31-23)19-9-16(25(28)29)5-8-20(19)38-11-15-3-4-15/h5,8-9,12,14-15,17-18,25,32,35H,3-4,6-7,10-11H2,1-2H3,(H,33,36)(H,34,37)/t14-,17+,18-/m0/s1. The summed E-state index contributed by atoms with van der Waals surface area (Å²) in [4.78, 5) is 37.1. The van der Waals surface area contributed by atoms with Crippen molar-refractivity contribution in [2.45, 2.75) is 70.6 Å². The number of carbonyl (C=O) groups is 2. The molecule has 9 nitrogen and oxygen atoms in total. The number of hydrogen-bond donors (Lipinski definition) is 4. The summed E-state index contributed by atoms with van der Waals surface area (Å²) in [6.07, 6.45) is 1.67. The van der Waals surface area contributed by atoms with E-state index in [1.165, 1.54) is 25.4 Å². The number of fused-ring (bicyclic) bond motifs is 1. The minimum atomic E-state index is -2.66. The highest BCUT2D eigenvalue weighted by Gasteiger charge is 2.30. The Bertz CT molecular complexity index is 1350. The monoisotopic (exact) mass is 527 g/mol. The van der Waals surface area contributed by atoms with E-state index in [0.29, 0.717) is 71.1 Å². The van der Waals surface area contributed by atoms with E-state index in [0.717, 1.165) is 12.8 Å². The van der Waals surface area contributed by atoms with Crippen molar-refractivity contribution in [2.75, 3.05) is 6.61 Å². The summed E-state index contributed by atoms with van der Waals surface area (Å²) in [6.45, 7) is 3.67. The molecule has 2 aromatic heterocycles. The molecule has 2 aliphatic carbocycles. The molecule has 3 atom stereocenters. The van der Waals surface area contributed by atoms with E-state index in [4.69, 9.17) is 4.74 Å². The van der Waals surface area contributed by atoms with Crippen molar-refractivity contribution >= 4 is 22.8 Å². The number of ether oxygens (including phenoxy) is 1. The molecule has 3 aromatic rings. The average molecular weight is 528 g/mol. The number of benzene rings is 1. The molecular formula is C27H31F2N5O4. The number of aliphatic hydroxyl groups excluding tert-OH is 1. The highest BCUT2D eigenvalue weighted by atomic mass is 19.3. The summed E-state index contributed by atoms with van der Waals surface area (Å²) in [5.41, 5.74) is 2.42. The number of nitrogens with zero attached hydrogens (tertiary/aromatic N) is 2. The van der Waals surface area contributed by atoms with Gasteiger partial charge in [0, 0.05) is 28.9 Å². The molecule has 0 aliphatic heterocycles. The van der Waals surface area contributed by atoms with Gasteiger partial charge in [-0.1, -0.05) is 0 Å². The number of amides is 2. The van der Waals surface area contributed by atoms with Gasteiger partial charge in [-0.3, -0.25) is 9.59 Å². The third kappa shape index (κ3) is 5.47. The number of alkyl halides is 2. The fraction of sp³-hybridized carbons (Fsp3) is 0.481. The Labute approximate surface area is 218 Å². The second-order valence-electron chi connectivity index (χ2n) is 10.2. The minimum absolute atomic E-state index is 0.128. The van der Waals surface area contributed by atoms with Crippen molar-refractivity contribution < 1.29 is 28.2 Å². The molecule has 0 unspecified atom stereocenters. The van der Waals surface area contributed by atoms with Crippen molar-refractivity contribution in [1.82, 2.24) is 25.6 Å². The number of hydrogen-bond acceptors (Lipinski definition) is 6. The van der Waals surface area contributed by atoms with Crippen LogP contribution in [-0.2, 0) is 4.79 Å². The van der Waals surface area contributed by atoms with Crippen LogP contribution in [0.5, 0.6) is 5.75 Å². The maximum absolute atomic E-state index is 13.6. The first-order valence-electron chi connectivity index (χ1n) is 12.9. The number of carbonyl (C=O) groups excluding carboxylic acids is 2. The second kappa shape index (κ2) is 10.6. The zero-order valence-corrected chi connectivity index (χ0v) is 21.3. The lowest BCUT2D eigenvalue weighted by atomic mass is 10.0. The Morgan fingerprint density at radius 3 is 2.58 bits per heavy atom. The van der Waals surface area contributed by atoms with Gasteiger partial charge in [0.15, 0.2) is 0 Å². The maximum Gasteiger partial charge on any atom is 0.263 e. The van der Waals surface area contributed by atoms with Crippen LogP contribution in [0.15, 0.2) is 24.5 Å². The average Bonchev–Trinajstić information content (AvgIpc) is 3.51. The van der Waals surface area contributed by atoms with Crippen molar-refractivity contribution in [3.8, 4) is 17.0 Å². The Hall–Kier alpha value is -3.60. The topological polar surface area (TPSA) is 129 Å². The molecule has 202 valence electrons. The van der Waals surface area contributed by atoms with E-state index >= 15 is 0 Å². The summed E-state index contributed by atoms with van der Waals surface area (Å²) in [6, 6.07) is 3.99. The first-order chi connectivity index (χ1) is 18.2. The van der Waals surface area contributed by atoms with E-state index in [1.807, 2.05) is 0 Å². The zero-order valence-electron chi connectivity index (χ0n) is 21.3. The summed E-state index contributed by atoms with van der Waals surface area (Å²) < 4.78 is 33.1. The molecule has 0 saturated heterocycles. The molecule has 0 spiro atoms. The largest absolute Gasteiger partial charge is 0.493 e. The van der Waals surface area contributed by atoms with Gasteiger partial charge in [0.05, 0.1) is 17.7 Å². The first-order valence-corrected chi connectivity index (χ1v) is 12.9. The molecule has 2 amide bonds. The zero-order chi connectivity index (χ0) is 27.0. The Morgan fingerprint density at radius 2 is 1.89 bits per heavy atom. The summed E-state index contributed by atoms with van der Waals surface area (Å²) in [5.74, 6) is 0.171. The van der Waals surface area contributed by atoms with Crippen LogP contribution in [-0.4, -0.2) is 56.7 Å². The highest BCUT2D eigenvalue weighted by Crippen LogP contribution is 2.38. The molecule has 0 bridgehead atoms. The van der Waals surface area contributed by atoms with Crippen molar-refractivity contribution in [2.24, 2.45) is 5.92 Å². The smallest absolute Gasteiger partial charge is 0.263 e. The lowest BCUT2D eigenvalue weighted by Gasteiger charge is -2.15. The molecular weight excluding hydrogens is 496 g/mol. The fourth-order valence-electron chi connectivity index (χ4n) is 4.91. The number of aryl methyl sites for hydroxylation is 1. The first kappa shape index (κ1) is 26.0. The molecule has 4 N–H and O–H groups in total. The van der Waals surface area contributed by atoms with Crippen LogP contribution in [0, 0.1) is 12.8 Å². The van der Waals surface area contributed by atoms with Gasteiger partial charge in [-0.2, -0.15) is 0 Å². The number of aromatic nitrogens is 3. The molecule has 2 heterocycles. The number of nitrogens with one attached hydrogen (secondary N) is 3. The maximum atomic E-state index is 13.6. The number of aromatic amines is 1. The number of H-pyrrole nitrogens is 1. The van der Waals surface area contributed by atoms with Gasteiger partial charge >= 0.3 is 0 Å². The molecule has 2 fully saturated rings. The lowest BCUT2D eigenvalue weighted by Crippen LogP contribution is -2.40. The van der Waals surface area contributed by atoms with Gasteiger partial charge in [-0.25, -0.2) is 18.7 Å². The third-order valence-corrected chi connectivity index (χ3v) is 7.17. The van der Waals surface area contributed by atoms with E-state index < -0.39 is 18.4 Å². The van der Waals surface area contributed by atoms with Gasteiger partial charge in [-0.05, 0) is 70.1 Å². The Kier molecular flexibility index (Phi) is 7.29. The van der Waals surface area contributed by atoms with E-state index in [2.05, 4.69) is 25.6 Å². The minimum Gasteiger partial charge on any atom is -0.493 e. The van der Waals surface area contributed by atoms with Gasteiger partial charge < -0.3 is 25.5 Å². The van der Waals surface area contributed by atoms with E-state index in [1.54, 1.807) is 13.0 Å². The SMILES string of the molecule is Cc1[nH]c2c(-c3cc(C(F)F)ccc3OCC3CC3)ncnc2c1C(=O)N[C@H]1CC[C@@H](NC(=O)[C@H](C)O)C1. The van der Waals surface area contributed by atoms with Gasteiger partial charge in [0.1, 0.15) is 29.4 Å². The normalized spacial score (nSPS) is 20.1.